The second kappa shape index (κ2) is 7.22. The number of carbonyl (C=O) groups is 2. The number of ether oxygens (including phenoxy) is 1. The maximum absolute atomic E-state index is 11.7. The third-order valence-corrected chi connectivity index (χ3v) is 1.91. The minimum Gasteiger partial charge on any atom is -0.465 e. The number of nitrogens with zero attached hydrogens (tertiary/aromatic N) is 1. The fraction of sp³-hybridized carbons (Fsp3) is 0.818. The van der Waals surface area contributed by atoms with Crippen molar-refractivity contribution in [2.45, 2.75) is 33.7 Å². The molecule has 5 heteroatoms. The number of rotatable bonds is 6. The predicted octanol–water partition coefficient (Wildman–Crippen LogP) is 0.381. The number of hydrogen-bond donors (Lipinski definition) is 1. The van der Waals surface area contributed by atoms with E-state index in [4.69, 9.17) is 10.5 Å². The van der Waals surface area contributed by atoms with Crippen LogP contribution < -0.4 is 5.73 Å². The van der Waals surface area contributed by atoms with Gasteiger partial charge in [-0.15, -0.1) is 0 Å². The van der Waals surface area contributed by atoms with Gasteiger partial charge in [0, 0.05) is 6.54 Å². The van der Waals surface area contributed by atoms with Gasteiger partial charge in [-0.1, -0.05) is 13.8 Å². The lowest BCUT2D eigenvalue weighted by molar-refractivity contribution is -0.149. The summed E-state index contributed by atoms with van der Waals surface area (Å²) in [6, 6.07) is -0.590. The highest BCUT2D eigenvalue weighted by Gasteiger charge is 2.21. The Morgan fingerprint density at radius 1 is 1.31 bits per heavy atom. The molecule has 0 radical (unpaired) electrons. The van der Waals surface area contributed by atoms with Gasteiger partial charge in [0.1, 0.15) is 6.54 Å². The third kappa shape index (κ3) is 5.70. The summed E-state index contributed by atoms with van der Waals surface area (Å²) in [5.74, 6) is -0.323. The molecule has 0 aliphatic heterocycles. The molecule has 16 heavy (non-hydrogen) atoms. The topological polar surface area (TPSA) is 72.6 Å². The summed E-state index contributed by atoms with van der Waals surface area (Å²) in [5, 5.41) is 0. The molecule has 1 amide bonds. The molecule has 0 unspecified atom stereocenters. The predicted molar refractivity (Wildman–Crippen MR) is 61.7 cm³/mol. The highest BCUT2D eigenvalue weighted by molar-refractivity contribution is 5.85. The molecule has 0 bridgehead atoms. The first-order chi connectivity index (χ1) is 7.38. The van der Waals surface area contributed by atoms with Gasteiger partial charge in [-0.05, 0) is 19.8 Å². The van der Waals surface area contributed by atoms with Gasteiger partial charge in [0.2, 0.25) is 5.91 Å². The molecule has 0 aromatic heterocycles. The molecule has 0 saturated heterocycles. The van der Waals surface area contributed by atoms with E-state index in [1.165, 1.54) is 4.90 Å². The summed E-state index contributed by atoms with van der Waals surface area (Å²) >= 11 is 0. The number of carbonyl (C=O) groups excluding carboxylic acids is 2. The Hall–Kier alpha value is -1.10. The number of hydrogen-bond acceptors (Lipinski definition) is 4. The van der Waals surface area contributed by atoms with Gasteiger partial charge >= 0.3 is 5.97 Å². The first-order valence-corrected chi connectivity index (χ1v) is 5.58. The molecule has 0 aliphatic rings. The molecule has 5 nitrogen and oxygen atoms in total. The molecule has 1 atom stereocenters. The Bertz CT molecular complexity index is 239. The van der Waals surface area contributed by atoms with Crippen molar-refractivity contribution in [1.82, 2.24) is 4.90 Å². The first-order valence-electron chi connectivity index (χ1n) is 5.58. The summed E-state index contributed by atoms with van der Waals surface area (Å²) in [5.41, 5.74) is 5.52. The van der Waals surface area contributed by atoms with Gasteiger partial charge in [-0.25, -0.2) is 0 Å². The Morgan fingerprint density at radius 2 is 1.88 bits per heavy atom. The second-order valence-electron chi connectivity index (χ2n) is 4.21. The molecule has 0 spiro atoms. The zero-order valence-corrected chi connectivity index (χ0v) is 10.5. The fourth-order valence-electron chi connectivity index (χ4n) is 1.32. The van der Waals surface area contributed by atoms with E-state index < -0.39 is 12.0 Å². The molecule has 0 aromatic carbocycles. The van der Waals surface area contributed by atoms with Gasteiger partial charge < -0.3 is 15.4 Å². The summed E-state index contributed by atoms with van der Waals surface area (Å²) in [4.78, 5) is 24.5. The van der Waals surface area contributed by atoms with Gasteiger partial charge in [0.05, 0.1) is 12.6 Å². The maximum atomic E-state index is 11.7. The van der Waals surface area contributed by atoms with Crippen LogP contribution in [-0.4, -0.2) is 42.5 Å². The average molecular weight is 230 g/mol. The van der Waals surface area contributed by atoms with Crippen LogP contribution in [0.15, 0.2) is 0 Å². The van der Waals surface area contributed by atoms with E-state index in [9.17, 15) is 9.59 Å². The number of nitrogens with two attached hydrogens (primary N) is 1. The van der Waals surface area contributed by atoms with Crippen molar-refractivity contribution in [3.8, 4) is 0 Å². The number of amides is 1. The summed E-state index contributed by atoms with van der Waals surface area (Å²) < 4.78 is 4.81. The van der Waals surface area contributed by atoms with Crippen molar-refractivity contribution in [1.29, 1.82) is 0 Å². The van der Waals surface area contributed by atoms with Crippen LogP contribution in [0.1, 0.15) is 27.7 Å². The highest BCUT2D eigenvalue weighted by Crippen LogP contribution is 2.01. The maximum Gasteiger partial charge on any atom is 0.325 e. The van der Waals surface area contributed by atoms with Crippen LogP contribution in [0.2, 0.25) is 0 Å². The minimum atomic E-state index is -0.590. The van der Waals surface area contributed by atoms with Crippen LogP contribution in [0.3, 0.4) is 0 Å². The van der Waals surface area contributed by atoms with Crippen LogP contribution >= 0.6 is 0 Å². The summed E-state index contributed by atoms with van der Waals surface area (Å²) in [6.45, 7) is 8.12. The van der Waals surface area contributed by atoms with Crippen molar-refractivity contribution in [3.05, 3.63) is 0 Å². The van der Waals surface area contributed by atoms with E-state index in [1.807, 2.05) is 13.8 Å². The largest absolute Gasteiger partial charge is 0.465 e. The van der Waals surface area contributed by atoms with Crippen molar-refractivity contribution in [2.24, 2.45) is 11.7 Å². The molecule has 0 heterocycles. The van der Waals surface area contributed by atoms with Crippen LogP contribution in [-0.2, 0) is 14.3 Å². The van der Waals surface area contributed by atoms with E-state index in [1.54, 1.807) is 13.8 Å². The highest BCUT2D eigenvalue weighted by atomic mass is 16.5. The van der Waals surface area contributed by atoms with Gasteiger partial charge in [0.25, 0.3) is 0 Å². The van der Waals surface area contributed by atoms with Crippen LogP contribution in [0.4, 0.5) is 0 Å². The standard InChI is InChI=1S/C11H22N2O3/c1-5-16-10(14)7-13(6-8(2)3)11(15)9(4)12/h8-9H,5-7,12H2,1-4H3/t9-/m0/s1. The van der Waals surface area contributed by atoms with Crippen molar-refractivity contribution >= 4 is 11.9 Å². The lowest BCUT2D eigenvalue weighted by Crippen LogP contribution is -2.46. The van der Waals surface area contributed by atoms with Crippen molar-refractivity contribution in [3.63, 3.8) is 0 Å². The van der Waals surface area contributed by atoms with E-state index in [0.717, 1.165) is 0 Å². The van der Waals surface area contributed by atoms with Crippen molar-refractivity contribution in [2.75, 3.05) is 19.7 Å². The van der Waals surface area contributed by atoms with E-state index in [0.29, 0.717) is 13.2 Å². The summed E-state index contributed by atoms with van der Waals surface area (Å²) in [6.07, 6.45) is 0. The van der Waals surface area contributed by atoms with Crippen molar-refractivity contribution < 1.29 is 14.3 Å². The molecule has 0 rings (SSSR count). The van der Waals surface area contributed by atoms with Gasteiger partial charge in [-0.2, -0.15) is 0 Å². The lowest BCUT2D eigenvalue weighted by Gasteiger charge is -2.25. The molecular weight excluding hydrogens is 208 g/mol. The molecule has 2 N–H and O–H groups in total. The Morgan fingerprint density at radius 3 is 2.25 bits per heavy atom. The molecular formula is C11H22N2O3. The smallest absolute Gasteiger partial charge is 0.325 e. The molecule has 0 fully saturated rings. The van der Waals surface area contributed by atoms with Crippen LogP contribution in [0.5, 0.6) is 0 Å². The van der Waals surface area contributed by atoms with E-state index >= 15 is 0 Å². The first kappa shape index (κ1) is 14.9. The number of esters is 1. The Balaban J connectivity index is 4.43. The lowest BCUT2D eigenvalue weighted by atomic mass is 10.2. The molecule has 0 aromatic rings. The molecule has 94 valence electrons. The fourth-order valence-corrected chi connectivity index (χ4v) is 1.32. The average Bonchev–Trinajstić information content (AvgIpc) is 2.15. The minimum absolute atomic E-state index is 0.0214. The Kier molecular flexibility index (Phi) is 6.72. The Labute approximate surface area is 96.9 Å². The van der Waals surface area contributed by atoms with Crippen LogP contribution in [0.25, 0.3) is 0 Å². The second-order valence-corrected chi connectivity index (χ2v) is 4.21. The quantitative estimate of drug-likeness (QED) is 0.670. The zero-order valence-electron chi connectivity index (χ0n) is 10.5. The third-order valence-electron chi connectivity index (χ3n) is 1.91. The molecule has 0 aliphatic carbocycles. The van der Waals surface area contributed by atoms with Gasteiger partial charge in [-0.3, -0.25) is 9.59 Å². The SMILES string of the molecule is CCOC(=O)CN(CC(C)C)C(=O)[C@H](C)N. The van der Waals surface area contributed by atoms with E-state index in [2.05, 4.69) is 0 Å². The van der Waals surface area contributed by atoms with Gasteiger partial charge in [0.15, 0.2) is 0 Å². The normalized spacial score (nSPS) is 12.4. The zero-order chi connectivity index (χ0) is 12.7. The van der Waals surface area contributed by atoms with E-state index in [-0.39, 0.29) is 18.4 Å². The monoisotopic (exact) mass is 230 g/mol. The summed E-state index contributed by atoms with van der Waals surface area (Å²) in [7, 11) is 0. The van der Waals surface area contributed by atoms with Crippen LogP contribution in [0, 0.1) is 5.92 Å². The molecule has 0 saturated carbocycles.